The highest BCUT2D eigenvalue weighted by molar-refractivity contribution is 7.89. The molecule has 0 radical (unpaired) electrons. The van der Waals surface area contributed by atoms with Gasteiger partial charge in [-0.1, -0.05) is 19.1 Å². The second-order valence-electron chi connectivity index (χ2n) is 9.44. The third kappa shape index (κ3) is 4.30. The predicted molar refractivity (Wildman–Crippen MR) is 137 cm³/mol. The Kier molecular flexibility index (Phi) is 6.29. The Hall–Kier alpha value is -2.95. The molecule has 0 unspecified atom stereocenters. The number of nitrogens with one attached hydrogen (secondary N) is 1. The smallest absolute Gasteiger partial charge is 0.326 e. The number of benzene rings is 2. The van der Waals surface area contributed by atoms with Crippen LogP contribution in [-0.4, -0.2) is 63.9 Å². The molecule has 0 atom stereocenters. The van der Waals surface area contributed by atoms with Crippen molar-refractivity contribution in [1.29, 1.82) is 0 Å². The zero-order valence-electron chi connectivity index (χ0n) is 20.4. The predicted octanol–water partition coefficient (Wildman–Crippen LogP) is 3.18. The molecule has 35 heavy (non-hydrogen) atoms. The summed E-state index contributed by atoms with van der Waals surface area (Å²) in [6.07, 6.45) is 2.74. The minimum absolute atomic E-state index is 0.0436. The van der Waals surface area contributed by atoms with Crippen LogP contribution in [0.3, 0.4) is 0 Å². The Labute approximate surface area is 205 Å². The van der Waals surface area contributed by atoms with Gasteiger partial charge in [0.2, 0.25) is 10.0 Å². The fourth-order valence-electron chi connectivity index (χ4n) is 5.10. The minimum atomic E-state index is -3.52. The third-order valence-corrected chi connectivity index (χ3v) is 8.75. The van der Waals surface area contributed by atoms with Crippen molar-refractivity contribution < 1.29 is 8.42 Å². The lowest BCUT2D eigenvalue weighted by Gasteiger charge is -2.32. The molecule has 1 saturated heterocycles. The van der Waals surface area contributed by atoms with E-state index in [4.69, 9.17) is 4.98 Å². The Morgan fingerprint density at radius 1 is 1.09 bits per heavy atom. The van der Waals surface area contributed by atoms with E-state index >= 15 is 0 Å². The fourth-order valence-corrected chi connectivity index (χ4v) is 6.02. The molecular formula is C25H32N6O3S. The largest absolute Gasteiger partial charge is 0.327 e. The molecule has 2 aromatic carbocycles. The van der Waals surface area contributed by atoms with Crippen LogP contribution in [0.4, 0.5) is 0 Å². The van der Waals surface area contributed by atoms with E-state index in [0.29, 0.717) is 12.1 Å². The Morgan fingerprint density at radius 3 is 2.54 bits per heavy atom. The highest BCUT2D eigenvalue weighted by atomic mass is 32.2. The van der Waals surface area contributed by atoms with Crippen molar-refractivity contribution in [2.24, 2.45) is 0 Å². The second kappa shape index (κ2) is 9.25. The lowest BCUT2D eigenvalue weighted by molar-refractivity contribution is 0.174. The van der Waals surface area contributed by atoms with Crippen LogP contribution in [-0.2, 0) is 23.1 Å². The molecule has 186 valence electrons. The quantitative estimate of drug-likeness (QED) is 0.424. The van der Waals surface area contributed by atoms with E-state index in [1.54, 1.807) is 12.1 Å². The van der Waals surface area contributed by atoms with E-state index in [9.17, 15) is 13.2 Å². The number of aromatic amines is 1. The van der Waals surface area contributed by atoms with Crippen LogP contribution in [0.5, 0.6) is 0 Å². The summed E-state index contributed by atoms with van der Waals surface area (Å²) < 4.78 is 30.5. The van der Waals surface area contributed by atoms with Gasteiger partial charge in [-0.25, -0.2) is 22.5 Å². The molecule has 5 rings (SSSR count). The molecule has 1 aliphatic rings. The van der Waals surface area contributed by atoms with Crippen molar-refractivity contribution in [3.8, 4) is 0 Å². The molecule has 10 heteroatoms. The van der Waals surface area contributed by atoms with Crippen molar-refractivity contribution in [1.82, 2.24) is 28.3 Å². The van der Waals surface area contributed by atoms with Gasteiger partial charge in [0.15, 0.2) is 0 Å². The van der Waals surface area contributed by atoms with Crippen LogP contribution >= 0.6 is 0 Å². The molecule has 9 nitrogen and oxygen atoms in total. The van der Waals surface area contributed by atoms with Crippen LogP contribution in [0.25, 0.3) is 22.1 Å². The van der Waals surface area contributed by atoms with E-state index in [-0.39, 0.29) is 16.6 Å². The first-order valence-corrected chi connectivity index (χ1v) is 13.6. The van der Waals surface area contributed by atoms with Gasteiger partial charge in [-0.05, 0) is 49.6 Å². The molecule has 1 aliphatic heterocycles. The lowest BCUT2D eigenvalue weighted by Crippen LogP contribution is -2.37. The van der Waals surface area contributed by atoms with Gasteiger partial charge in [-0.15, -0.1) is 0 Å². The summed E-state index contributed by atoms with van der Waals surface area (Å²) in [6, 6.07) is 13.2. The highest BCUT2D eigenvalue weighted by Gasteiger charge is 2.25. The van der Waals surface area contributed by atoms with Crippen LogP contribution in [0.2, 0.25) is 0 Å². The summed E-state index contributed by atoms with van der Waals surface area (Å²) in [5.41, 5.74) is 3.46. The first kappa shape index (κ1) is 23.8. The lowest BCUT2D eigenvalue weighted by atomic mass is 10.0. The van der Waals surface area contributed by atoms with Gasteiger partial charge in [0.05, 0.1) is 33.5 Å². The number of fused-ring (bicyclic) bond motifs is 2. The number of H-pyrrole nitrogens is 1. The van der Waals surface area contributed by atoms with Crippen molar-refractivity contribution in [2.45, 2.75) is 50.2 Å². The first-order valence-electron chi connectivity index (χ1n) is 12.1. The topological polar surface area (TPSA) is 96.2 Å². The van der Waals surface area contributed by atoms with Crippen LogP contribution in [0.15, 0.2) is 52.2 Å². The van der Waals surface area contributed by atoms with Gasteiger partial charge in [-0.2, -0.15) is 0 Å². The van der Waals surface area contributed by atoms with E-state index in [2.05, 4.69) is 21.4 Å². The van der Waals surface area contributed by atoms with Crippen molar-refractivity contribution in [3.05, 3.63) is 58.8 Å². The molecule has 2 aromatic heterocycles. The number of rotatable bonds is 7. The summed E-state index contributed by atoms with van der Waals surface area (Å²) in [5.74, 6) is 0.948. The number of sulfonamides is 1. The molecule has 4 aromatic rings. The second-order valence-corrected chi connectivity index (χ2v) is 11.6. The van der Waals surface area contributed by atoms with Crippen LogP contribution in [0, 0.1) is 0 Å². The van der Waals surface area contributed by atoms with Gasteiger partial charge >= 0.3 is 5.69 Å². The molecule has 0 spiro atoms. The maximum absolute atomic E-state index is 12.6. The van der Waals surface area contributed by atoms with E-state index < -0.39 is 10.0 Å². The summed E-state index contributed by atoms with van der Waals surface area (Å²) in [4.78, 5) is 23.1. The number of piperidine rings is 1. The summed E-state index contributed by atoms with van der Waals surface area (Å²) in [6.45, 7) is 5.38. The van der Waals surface area contributed by atoms with Gasteiger partial charge in [0.1, 0.15) is 5.82 Å². The van der Waals surface area contributed by atoms with Crippen LogP contribution in [0.1, 0.15) is 38.1 Å². The number of imidazole rings is 2. The zero-order chi connectivity index (χ0) is 24.7. The van der Waals surface area contributed by atoms with E-state index in [1.165, 1.54) is 18.4 Å². The number of likely N-dealkylation sites (tertiary alicyclic amines) is 1. The molecule has 0 amide bonds. The van der Waals surface area contributed by atoms with Gasteiger partial charge in [0.25, 0.3) is 0 Å². The maximum Gasteiger partial charge on any atom is 0.326 e. The summed E-state index contributed by atoms with van der Waals surface area (Å²) in [5, 5.41) is 0. The summed E-state index contributed by atoms with van der Waals surface area (Å²) >= 11 is 0. The fraction of sp³-hybridized carbons (Fsp3) is 0.440. The van der Waals surface area contributed by atoms with E-state index in [1.807, 2.05) is 34.9 Å². The minimum Gasteiger partial charge on any atom is -0.327 e. The zero-order valence-corrected chi connectivity index (χ0v) is 21.3. The Morgan fingerprint density at radius 2 is 1.83 bits per heavy atom. The van der Waals surface area contributed by atoms with E-state index in [0.717, 1.165) is 61.3 Å². The number of hydrogen-bond donors (Lipinski definition) is 1. The third-order valence-electron chi connectivity index (χ3n) is 6.94. The van der Waals surface area contributed by atoms with Crippen molar-refractivity contribution in [2.75, 3.05) is 27.2 Å². The number of hydrogen-bond acceptors (Lipinski definition) is 5. The molecule has 0 saturated carbocycles. The van der Waals surface area contributed by atoms with Gasteiger partial charge in [0, 0.05) is 39.8 Å². The molecule has 0 bridgehead atoms. The first-order chi connectivity index (χ1) is 16.8. The monoisotopic (exact) mass is 496 g/mol. The molecular weight excluding hydrogens is 464 g/mol. The number of aryl methyl sites for hydroxylation is 1. The summed E-state index contributed by atoms with van der Waals surface area (Å²) in [7, 11) is -0.442. The number of nitrogens with zero attached hydrogens (tertiary/aromatic N) is 5. The average Bonchev–Trinajstić information content (AvgIpc) is 3.35. The highest BCUT2D eigenvalue weighted by Crippen LogP contribution is 2.27. The SMILES string of the molecule is CCCn1c(CN2CCC(n3c(=O)[nH]c4ccccc43)CC2)nc2cc(S(=O)(=O)N(C)C)ccc21. The van der Waals surface area contributed by atoms with Crippen molar-refractivity contribution in [3.63, 3.8) is 0 Å². The standard InChI is InChI=1S/C25H32N6O3S/c1-4-13-30-22-10-9-19(35(33,34)28(2)3)16-21(22)26-24(30)17-29-14-11-18(12-15-29)31-23-8-6-5-7-20(23)27-25(31)32/h5-10,16,18H,4,11-15,17H2,1-3H3,(H,27,32). The van der Waals surface area contributed by atoms with Crippen molar-refractivity contribution >= 4 is 32.1 Å². The van der Waals surface area contributed by atoms with Gasteiger partial charge < -0.3 is 9.55 Å². The Balaban J connectivity index is 1.37. The maximum atomic E-state index is 12.6. The number of aromatic nitrogens is 4. The molecule has 0 aliphatic carbocycles. The van der Waals surface area contributed by atoms with Gasteiger partial charge in [-0.3, -0.25) is 9.47 Å². The molecule has 1 fully saturated rings. The number of para-hydroxylation sites is 2. The average molecular weight is 497 g/mol. The molecule has 3 heterocycles. The normalized spacial score (nSPS) is 16.1. The van der Waals surface area contributed by atoms with Crippen LogP contribution < -0.4 is 5.69 Å². The molecule has 1 N–H and O–H groups in total. The Bertz CT molecular complexity index is 1520.